The molecule has 1 saturated heterocycles. The zero-order valence-corrected chi connectivity index (χ0v) is 13.5. The van der Waals surface area contributed by atoms with Gasteiger partial charge in [-0.1, -0.05) is 36.4 Å². The Morgan fingerprint density at radius 3 is 2.86 bits per heavy atom. The van der Waals surface area contributed by atoms with Crippen LogP contribution in [0.15, 0.2) is 47.8 Å². The summed E-state index contributed by atoms with van der Waals surface area (Å²) in [5, 5.41) is 5.94. The number of hydrogen-bond acceptors (Lipinski definition) is 3. The molecule has 0 amide bonds. The van der Waals surface area contributed by atoms with Crippen LogP contribution in [-0.2, 0) is 6.42 Å². The van der Waals surface area contributed by atoms with Crippen LogP contribution >= 0.6 is 11.3 Å². The van der Waals surface area contributed by atoms with Gasteiger partial charge in [-0.25, -0.2) is 0 Å². The molecule has 1 aromatic heterocycles. The Kier molecular flexibility index (Phi) is 5.07. The third-order valence-corrected chi connectivity index (χ3v) is 5.34. The summed E-state index contributed by atoms with van der Waals surface area (Å²) in [5.41, 5.74) is 1.45. The SMILES string of the molecule is C[C@H](NC1CCN(CCc2ccccc2)C1)c1cccs1. The molecule has 2 heterocycles. The van der Waals surface area contributed by atoms with Gasteiger partial charge < -0.3 is 10.2 Å². The predicted octanol–water partition coefficient (Wildman–Crippen LogP) is 3.72. The van der Waals surface area contributed by atoms with E-state index in [1.165, 1.54) is 36.5 Å². The average molecular weight is 300 g/mol. The maximum absolute atomic E-state index is 3.78. The Balaban J connectivity index is 1.43. The van der Waals surface area contributed by atoms with Crippen molar-refractivity contribution in [1.29, 1.82) is 0 Å². The van der Waals surface area contributed by atoms with Crippen LogP contribution < -0.4 is 5.32 Å². The van der Waals surface area contributed by atoms with Gasteiger partial charge in [0.15, 0.2) is 0 Å². The minimum absolute atomic E-state index is 0.476. The molecule has 1 aliphatic rings. The molecule has 2 atom stereocenters. The molecule has 1 N–H and O–H groups in total. The molecule has 3 heteroatoms. The van der Waals surface area contributed by atoms with Gasteiger partial charge in [0.05, 0.1) is 0 Å². The fourth-order valence-corrected chi connectivity index (χ4v) is 3.82. The van der Waals surface area contributed by atoms with E-state index in [0.717, 1.165) is 6.42 Å². The van der Waals surface area contributed by atoms with Gasteiger partial charge in [0.2, 0.25) is 0 Å². The molecular formula is C18H24N2S. The number of likely N-dealkylation sites (tertiary alicyclic amines) is 1. The third-order valence-electron chi connectivity index (χ3n) is 4.29. The maximum atomic E-state index is 3.78. The van der Waals surface area contributed by atoms with E-state index < -0.39 is 0 Å². The molecule has 21 heavy (non-hydrogen) atoms. The number of rotatable bonds is 6. The molecule has 0 radical (unpaired) electrons. The van der Waals surface area contributed by atoms with Gasteiger partial charge in [-0.2, -0.15) is 0 Å². The molecule has 1 aromatic carbocycles. The molecule has 0 bridgehead atoms. The fourth-order valence-electron chi connectivity index (χ4n) is 3.08. The monoisotopic (exact) mass is 300 g/mol. The topological polar surface area (TPSA) is 15.3 Å². The lowest BCUT2D eigenvalue weighted by atomic mass is 10.1. The van der Waals surface area contributed by atoms with Crippen molar-refractivity contribution >= 4 is 11.3 Å². The molecule has 3 rings (SSSR count). The highest BCUT2D eigenvalue weighted by molar-refractivity contribution is 7.10. The van der Waals surface area contributed by atoms with E-state index in [1.54, 1.807) is 0 Å². The molecule has 2 nitrogen and oxygen atoms in total. The van der Waals surface area contributed by atoms with Gasteiger partial charge in [-0.3, -0.25) is 0 Å². The van der Waals surface area contributed by atoms with Crippen LogP contribution in [-0.4, -0.2) is 30.6 Å². The van der Waals surface area contributed by atoms with Crippen LogP contribution in [0.2, 0.25) is 0 Å². The van der Waals surface area contributed by atoms with Crippen LogP contribution in [0, 0.1) is 0 Å². The van der Waals surface area contributed by atoms with Crippen molar-refractivity contribution in [2.45, 2.75) is 31.8 Å². The molecule has 2 aromatic rings. The van der Waals surface area contributed by atoms with Crippen molar-refractivity contribution in [3.05, 3.63) is 58.3 Å². The van der Waals surface area contributed by atoms with Crippen molar-refractivity contribution in [1.82, 2.24) is 10.2 Å². The third kappa shape index (κ3) is 4.16. The highest BCUT2D eigenvalue weighted by Gasteiger charge is 2.23. The fraction of sp³-hybridized carbons (Fsp3) is 0.444. The second-order valence-corrected chi connectivity index (χ2v) is 6.90. The van der Waals surface area contributed by atoms with Crippen LogP contribution in [0.4, 0.5) is 0 Å². The molecule has 0 saturated carbocycles. The summed E-state index contributed by atoms with van der Waals surface area (Å²) in [6.45, 7) is 5.86. The Morgan fingerprint density at radius 1 is 1.24 bits per heavy atom. The smallest absolute Gasteiger partial charge is 0.0388 e. The summed E-state index contributed by atoms with van der Waals surface area (Å²) in [5.74, 6) is 0. The molecule has 1 aliphatic heterocycles. The zero-order chi connectivity index (χ0) is 14.5. The molecule has 112 valence electrons. The van der Waals surface area contributed by atoms with Gasteiger partial charge >= 0.3 is 0 Å². The van der Waals surface area contributed by atoms with Crippen LogP contribution in [0.25, 0.3) is 0 Å². The quantitative estimate of drug-likeness (QED) is 0.875. The lowest BCUT2D eigenvalue weighted by molar-refractivity contribution is 0.327. The number of benzene rings is 1. The summed E-state index contributed by atoms with van der Waals surface area (Å²) < 4.78 is 0. The van der Waals surface area contributed by atoms with Crippen molar-refractivity contribution in [2.75, 3.05) is 19.6 Å². The Labute approximate surface area is 131 Å². The van der Waals surface area contributed by atoms with Crippen LogP contribution in [0.3, 0.4) is 0 Å². The van der Waals surface area contributed by atoms with Gasteiger partial charge in [-0.15, -0.1) is 11.3 Å². The Hall–Kier alpha value is -1.16. The summed E-state index contributed by atoms with van der Waals surface area (Å²) in [6.07, 6.45) is 2.43. The summed E-state index contributed by atoms with van der Waals surface area (Å²) >= 11 is 1.85. The lowest BCUT2D eigenvalue weighted by Gasteiger charge is -2.20. The van der Waals surface area contributed by atoms with Crippen LogP contribution in [0.1, 0.15) is 29.8 Å². The number of nitrogens with one attached hydrogen (secondary N) is 1. The highest BCUT2D eigenvalue weighted by Crippen LogP contribution is 2.21. The van der Waals surface area contributed by atoms with Crippen molar-refractivity contribution in [3.8, 4) is 0 Å². The van der Waals surface area contributed by atoms with E-state index in [4.69, 9.17) is 0 Å². The normalized spacial score (nSPS) is 20.7. The molecular weight excluding hydrogens is 276 g/mol. The molecule has 0 spiro atoms. The first-order valence-electron chi connectivity index (χ1n) is 7.87. The van der Waals surface area contributed by atoms with E-state index in [0.29, 0.717) is 12.1 Å². The maximum Gasteiger partial charge on any atom is 0.0388 e. The van der Waals surface area contributed by atoms with E-state index in [-0.39, 0.29) is 0 Å². The van der Waals surface area contributed by atoms with E-state index in [1.807, 2.05) is 11.3 Å². The Morgan fingerprint density at radius 2 is 2.10 bits per heavy atom. The van der Waals surface area contributed by atoms with Crippen molar-refractivity contribution < 1.29 is 0 Å². The van der Waals surface area contributed by atoms with Gasteiger partial charge in [0, 0.05) is 30.1 Å². The van der Waals surface area contributed by atoms with Gasteiger partial charge in [0.1, 0.15) is 0 Å². The first-order valence-corrected chi connectivity index (χ1v) is 8.75. The van der Waals surface area contributed by atoms with E-state index in [2.05, 4.69) is 65.0 Å². The minimum Gasteiger partial charge on any atom is -0.305 e. The Bertz CT molecular complexity index is 523. The highest BCUT2D eigenvalue weighted by atomic mass is 32.1. The van der Waals surface area contributed by atoms with Crippen molar-refractivity contribution in [3.63, 3.8) is 0 Å². The summed E-state index contributed by atoms with van der Waals surface area (Å²) in [6, 6.07) is 16.3. The van der Waals surface area contributed by atoms with E-state index >= 15 is 0 Å². The number of thiophene rings is 1. The number of nitrogens with zero attached hydrogens (tertiary/aromatic N) is 1. The average Bonchev–Trinajstić information content (AvgIpc) is 3.18. The predicted molar refractivity (Wildman–Crippen MR) is 90.9 cm³/mol. The molecule has 1 fully saturated rings. The second-order valence-electron chi connectivity index (χ2n) is 5.93. The van der Waals surface area contributed by atoms with Crippen molar-refractivity contribution in [2.24, 2.45) is 0 Å². The summed E-state index contributed by atoms with van der Waals surface area (Å²) in [4.78, 5) is 4.03. The first kappa shape index (κ1) is 14.8. The largest absolute Gasteiger partial charge is 0.305 e. The molecule has 1 unspecified atom stereocenters. The minimum atomic E-state index is 0.476. The summed E-state index contributed by atoms with van der Waals surface area (Å²) in [7, 11) is 0. The second kappa shape index (κ2) is 7.21. The zero-order valence-electron chi connectivity index (χ0n) is 12.7. The molecule has 0 aliphatic carbocycles. The number of hydrogen-bond donors (Lipinski definition) is 1. The van der Waals surface area contributed by atoms with Gasteiger partial charge in [0.25, 0.3) is 0 Å². The van der Waals surface area contributed by atoms with Gasteiger partial charge in [-0.05, 0) is 43.3 Å². The van der Waals surface area contributed by atoms with E-state index in [9.17, 15) is 0 Å². The van der Waals surface area contributed by atoms with Crippen LogP contribution in [0.5, 0.6) is 0 Å². The lowest BCUT2D eigenvalue weighted by Crippen LogP contribution is -2.34. The standard InChI is InChI=1S/C18H24N2S/c1-15(18-8-5-13-21-18)19-17-10-12-20(14-17)11-9-16-6-3-2-4-7-16/h2-8,13,15,17,19H,9-12,14H2,1H3/t15-,17?/m0/s1. The first-order chi connectivity index (χ1) is 10.3.